The Bertz CT molecular complexity index is 1170. The van der Waals surface area contributed by atoms with Crippen LogP contribution in [-0.4, -0.2) is 21.2 Å². The van der Waals surface area contributed by atoms with Gasteiger partial charge in [0.15, 0.2) is 5.16 Å². The molecule has 0 spiro atoms. The third-order valence-electron chi connectivity index (χ3n) is 4.15. The quantitative estimate of drug-likeness (QED) is 0.335. The molecule has 0 atom stereocenters. The van der Waals surface area contributed by atoms with Crippen molar-refractivity contribution in [1.29, 1.82) is 0 Å². The van der Waals surface area contributed by atoms with E-state index in [-0.39, 0.29) is 21.7 Å². The maximum atomic E-state index is 12.5. The lowest BCUT2D eigenvalue weighted by Crippen LogP contribution is -2.15. The van der Waals surface area contributed by atoms with Crippen molar-refractivity contribution in [1.82, 2.24) is 9.55 Å². The molecule has 0 aliphatic carbocycles. The fourth-order valence-corrected chi connectivity index (χ4v) is 4.63. The summed E-state index contributed by atoms with van der Waals surface area (Å²) in [7, 11) is 0. The number of aromatic nitrogens is 2. The molecule has 4 rings (SSSR count). The van der Waals surface area contributed by atoms with Crippen molar-refractivity contribution in [2.24, 2.45) is 0 Å². The maximum Gasteiger partial charge on any atom is 0.234 e. The van der Waals surface area contributed by atoms with Gasteiger partial charge in [-0.05, 0) is 36.4 Å². The Kier molecular flexibility index (Phi) is 6.01. The average molecular weight is 463 g/mol. The van der Waals surface area contributed by atoms with Crippen molar-refractivity contribution >= 4 is 69.2 Å². The number of hydrogen-bond acceptors (Lipinski definition) is 3. The highest BCUT2D eigenvalue weighted by atomic mass is 35.5. The Hall–Kier alpha value is -2.18. The Morgan fingerprint density at radius 2 is 1.62 bits per heavy atom. The molecule has 146 valence electrons. The molecule has 8 heteroatoms. The van der Waals surface area contributed by atoms with Crippen molar-refractivity contribution in [2.75, 3.05) is 11.1 Å². The number of benzene rings is 3. The number of fused-ring (bicyclic) bond motifs is 1. The predicted molar refractivity (Wildman–Crippen MR) is 122 cm³/mol. The molecular formula is C21H14Cl3N3OS. The first-order chi connectivity index (χ1) is 14.0. The van der Waals surface area contributed by atoms with Crippen molar-refractivity contribution in [3.05, 3.63) is 81.8 Å². The van der Waals surface area contributed by atoms with Gasteiger partial charge in [-0.3, -0.25) is 9.36 Å². The number of rotatable bonds is 5. The van der Waals surface area contributed by atoms with Crippen molar-refractivity contribution in [2.45, 2.75) is 5.16 Å². The number of anilines is 1. The molecule has 1 amide bonds. The van der Waals surface area contributed by atoms with Crippen molar-refractivity contribution in [3.8, 4) is 5.69 Å². The molecule has 0 fully saturated rings. The first kappa shape index (κ1) is 20.1. The monoisotopic (exact) mass is 461 g/mol. The van der Waals surface area contributed by atoms with E-state index in [4.69, 9.17) is 39.8 Å². The fraction of sp³-hybridized carbons (Fsp3) is 0.0476. The van der Waals surface area contributed by atoms with Gasteiger partial charge in [0.25, 0.3) is 0 Å². The van der Waals surface area contributed by atoms with E-state index < -0.39 is 0 Å². The molecule has 1 heterocycles. The largest absolute Gasteiger partial charge is 0.323 e. The van der Waals surface area contributed by atoms with Gasteiger partial charge in [-0.2, -0.15) is 0 Å². The van der Waals surface area contributed by atoms with Crippen LogP contribution in [0.1, 0.15) is 0 Å². The van der Waals surface area contributed by atoms with E-state index in [1.165, 1.54) is 23.9 Å². The zero-order valence-electron chi connectivity index (χ0n) is 14.9. The second-order valence-electron chi connectivity index (χ2n) is 6.14. The van der Waals surface area contributed by atoms with E-state index in [0.717, 1.165) is 21.9 Å². The lowest BCUT2D eigenvalue weighted by Gasteiger charge is -2.11. The molecule has 0 unspecified atom stereocenters. The molecule has 1 aromatic heterocycles. The summed E-state index contributed by atoms with van der Waals surface area (Å²) in [5.74, 6) is -0.0985. The number of nitrogens with zero attached hydrogens (tertiary/aromatic N) is 2. The standard InChI is InChI=1S/C21H14Cl3N3OS/c22-13-10-15(23)20(16(24)11-13)26-19(28)12-29-21-25-17-8-4-5-9-18(17)27(21)14-6-2-1-3-7-14/h1-11H,12H2,(H,26,28). The third-order valence-corrected chi connectivity index (χ3v) is 5.90. The molecule has 1 N–H and O–H groups in total. The summed E-state index contributed by atoms with van der Waals surface area (Å²) >= 11 is 19.6. The number of thioether (sulfide) groups is 1. The summed E-state index contributed by atoms with van der Waals surface area (Å²) in [5, 5.41) is 4.46. The number of carbonyl (C=O) groups is 1. The van der Waals surface area contributed by atoms with Gasteiger partial charge < -0.3 is 5.32 Å². The normalized spacial score (nSPS) is 11.0. The summed E-state index contributed by atoms with van der Waals surface area (Å²) in [4.78, 5) is 17.2. The molecule has 0 radical (unpaired) electrons. The van der Waals surface area contributed by atoms with E-state index in [1.807, 2.05) is 59.2 Å². The number of para-hydroxylation sites is 3. The molecule has 3 aromatic carbocycles. The Morgan fingerprint density at radius 1 is 0.966 bits per heavy atom. The second kappa shape index (κ2) is 8.67. The van der Waals surface area contributed by atoms with Crippen molar-refractivity contribution < 1.29 is 4.79 Å². The summed E-state index contributed by atoms with van der Waals surface area (Å²) < 4.78 is 2.04. The van der Waals surface area contributed by atoms with Crippen LogP contribution in [0, 0.1) is 0 Å². The first-order valence-corrected chi connectivity index (χ1v) is 10.7. The minimum Gasteiger partial charge on any atom is -0.323 e. The minimum atomic E-state index is -0.243. The zero-order chi connectivity index (χ0) is 20.4. The molecule has 0 saturated heterocycles. The van der Waals surface area contributed by atoms with E-state index in [2.05, 4.69) is 5.32 Å². The van der Waals surface area contributed by atoms with Crippen LogP contribution in [0.4, 0.5) is 5.69 Å². The third kappa shape index (κ3) is 4.38. The summed E-state index contributed by atoms with van der Waals surface area (Å²) in [6.07, 6.45) is 0. The van der Waals surface area contributed by atoms with Gasteiger partial charge in [0, 0.05) is 10.7 Å². The van der Waals surface area contributed by atoms with Crippen LogP contribution in [0.15, 0.2) is 71.9 Å². The maximum absolute atomic E-state index is 12.5. The highest BCUT2D eigenvalue weighted by molar-refractivity contribution is 7.99. The molecule has 0 saturated carbocycles. The number of hydrogen-bond donors (Lipinski definition) is 1. The summed E-state index contributed by atoms with van der Waals surface area (Å²) in [6.45, 7) is 0. The minimum absolute atomic E-state index is 0.144. The molecule has 4 aromatic rings. The van der Waals surface area contributed by atoms with Crippen LogP contribution in [-0.2, 0) is 4.79 Å². The second-order valence-corrected chi connectivity index (χ2v) is 8.33. The lowest BCUT2D eigenvalue weighted by atomic mass is 10.3. The Morgan fingerprint density at radius 3 is 2.34 bits per heavy atom. The van der Waals surface area contributed by atoms with Crippen LogP contribution in [0.5, 0.6) is 0 Å². The smallest absolute Gasteiger partial charge is 0.234 e. The van der Waals surface area contributed by atoms with Gasteiger partial charge >= 0.3 is 0 Å². The molecule has 4 nitrogen and oxygen atoms in total. The number of amides is 1. The molecule has 0 bridgehead atoms. The molecule has 29 heavy (non-hydrogen) atoms. The average Bonchev–Trinajstić information content (AvgIpc) is 3.08. The van der Waals surface area contributed by atoms with Gasteiger partial charge in [-0.25, -0.2) is 4.98 Å². The van der Waals surface area contributed by atoms with Gasteiger partial charge in [-0.15, -0.1) is 0 Å². The Balaban J connectivity index is 1.58. The van der Waals surface area contributed by atoms with Gasteiger partial charge in [0.05, 0.1) is 32.5 Å². The molecule has 0 aliphatic heterocycles. The number of nitrogens with one attached hydrogen (secondary N) is 1. The van der Waals surface area contributed by atoms with Crippen molar-refractivity contribution in [3.63, 3.8) is 0 Å². The van der Waals surface area contributed by atoms with Crippen LogP contribution in [0.25, 0.3) is 16.7 Å². The van der Waals surface area contributed by atoms with Crippen LogP contribution in [0.3, 0.4) is 0 Å². The first-order valence-electron chi connectivity index (χ1n) is 8.63. The fourth-order valence-electron chi connectivity index (χ4n) is 2.89. The summed E-state index contributed by atoms with van der Waals surface area (Å²) in [5.41, 5.74) is 3.17. The number of halogens is 3. The van der Waals surface area contributed by atoms with Crippen LogP contribution < -0.4 is 5.32 Å². The zero-order valence-corrected chi connectivity index (χ0v) is 18.0. The van der Waals surface area contributed by atoms with Gasteiger partial charge in [0.2, 0.25) is 5.91 Å². The van der Waals surface area contributed by atoms with Gasteiger partial charge in [-0.1, -0.05) is 76.9 Å². The lowest BCUT2D eigenvalue weighted by molar-refractivity contribution is -0.113. The highest BCUT2D eigenvalue weighted by Crippen LogP contribution is 2.34. The van der Waals surface area contributed by atoms with E-state index in [1.54, 1.807) is 0 Å². The van der Waals surface area contributed by atoms with Crippen LogP contribution >= 0.6 is 46.6 Å². The number of carbonyl (C=O) groups excluding carboxylic acids is 1. The topological polar surface area (TPSA) is 46.9 Å². The van der Waals surface area contributed by atoms with Gasteiger partial charge in [0.1, 0.15) is 0 Å². The van der Waals surface area contributed by atoms with E-state index in [9.17, 15) is 4.79 Å². The van der Waals surface area contributed by atoms with E-state index in [0.29, 0.717) is 10.7 Å². The van der Waals surface area contributed by atoms with E-state index >= 15 is 0 Å². The molecule has 0 aliphatic rings. The highest BCUT2D eigenvalue weighted by Gasteiger charge is 2.16. The predicted octanol–water partition coefficient (Wildman–Crippen LogP) is 6.72. The van der Waals surface area contributed by atoms with Crippen LogP contribution in [0.2, 0.25) is 15.1 Å². The number of imidazole rings is 1. The Labute approximate surface area is 186 Å². The summed E-state index contributed by atoms with van der Waals surface area (Å²) in [6, 6.07) is 20.8. The molecular weight excluding hydrogens is 449 g/mol. The SMILES string of the molecule is O=C(CSc1nc2ccccc2n1-c1ccccc1)Nc1c(Cl)cc(Cl)cc1Cl.